The second-order valence-corrected chi connectivity index (χ2v) is 2.70. The van der Waals surface area contributed by atoms with Crippen molar-refractivity contribution in [2.45, 2.75) is 6.92 Å². The summed E-state index contributed by atoms with van der Waals surface area (Å²) in [6.45, 7) is 2.35. The highest BCUT2D eigenvalue weighted by Gasteiger charge is 1.93. The fourth-order valence-electron chi connectivity index (χ4n) is 1.06. The minimum absolute atomic E-state index is 0.202. The molecule has 0 radical (unpaired) electrons. The van der Waals surface area contributed by atoms with Gasteiger partial charge in [0.2, 0.25) is 0 Å². The molecule has 2 N–H and O–H groups in total. The van der Waals surface area contributed by atoms with Crippen LogP contribution in [0.5, 0.6) is 0 Å². The molecule has 1 rings (SSSR count). The number of hydrogen-bond acceptors (Lipinski definition) is 1. The number of nitrogens with two attached hydrogens (primary N) is 1. The van der Waals surface area contributed by atoms with E-state index >= 15 is 0 Å². The van der Waals surface area contributed by atoms with Crippen molar-refractivity contribution in [3.8, 4) is 0 Å². The molecule has 0 fully saturated rings. The van der Waals surface area contributed by atoms with Crippen LogP contribution in [0.25, 0.3) is 6.08 Å². The van der Waals surface area contributed by atoms with Crippen LogP contribution in [-0.2, 0) is 0 Å². The van der Waals surface area contributed by atoms with Gasteiger partial charge in [0, 0.05) is 6.54 Å². The molecule has 0 saturated heterocycles. The molecule has 0 heterocycles. The third-order valence-corrected chi connectivity index (χ3v) is 1.51. The molecule has 0 amide bonds. The molecule has 1 nitrogen and oxygen atoms in total. The minimum Gasteiger partial charge on any atom is -0.327 e. The molecule has 1 aromatic carbocycles. The van der Waals surface area contributed by atoms with E-state index in [4.69, 9.17) is 5.73 Å². The van der Waals surface area contributed by atoms with E-state index in [1.165, 1.54) is 12.1 Å². The van der Waals surface area contributed by atoms with Crippen LogP contribution in [-0.4, -0.2) is 6.54 Å². The molecule has 0 bridgehead atoms. The molecule has 0 unspecified atom stereocenters. The van der Waals surface area contributed by atoms with Gasteiger partial charge in [-0.05, 0) is 30.2 Å². The average Bonchev–Trinajstić information content (AvgIpc) is 1.99. The van der Waals surface area contributed by atoms with E-state index in [2.05, 4.69) is 0 Å². The van der Waals surface area contributed by atoms with Crippen molar-refractivity contribution in [3.63, 3.8) is 0 Å². The summed E-state index contributed by atoms with van der Waals surface area (Å²) in [5.74, 6) is -0.202. The molecule has 0 aliphatic rings. The Morgan fingerprint density at radius 3 is 2.75 bits per heavy atom. The highest BCUT2D eigenvalue weighted by atomic mass is 19.1. The summed E-state index contributed by atoms with van der Waals surface area (Å²) in [4.78, 5) is 0. The summed E-state index contributed by atoms with van der Waals surface area (Å²) in [5, 5.41) is 0. The molecule has 0 spiro atoms. The summed E-state index contributed by atoms with van der Waals surface area (Å²) >= 11 is 0. The molecular weight excluding hydrogens is 153 g/mol. The second kappa shape index (κ2) is 4.02. The number of aryl methyl sites for hydroxylation is 1. The molecule has 0 aliphatic heterocycles. The highest BCUT2D eigenvalue weighted by Crippen LogP contribution is 2.09. The Morgan fingerprint density at radius 2 is 2.17 bits per heavy atom. The van der Waals surface area contributed by atoms with E-state index in [9.17, 15) is 4.39 Å². The zero-order valence-corrected chi connectivity index (χ0v) is 7.05. The third-order valence-electron chi connectivity index (χ3n) is 1.51. The lowest BCUT2D eigenvalue weighted by Gasteiger charge is -1.96. The maximum absolute atomic E-state index is 12.8. The zero-order valence-electron chi connectivity index (χ0n) is 7.05. The van der Waals surface area contributed by atoms with Gasteiger partial charge >= 0.3 is 0 Å². The van der Waals surface area contributed by atoms with Crippen LogP contribution >= 0.6 is 0 Å². The van der Waals surface area contributed by atoms with E-state index in [1.54, 1.807) is 6.08 Å². The van der Waals surface area contributed by atoms with Crippen molar-refractivity contribution in [3.05, 3.63) is 41.2 Å². The number of rotatable bonds is 2. The lowest BCUT2D eigenvalue weighted by atomic mass is 10.1. The predicted octanol–water partition coefficient (Wildman–Crippen LogP) is 2.11. The first-order valence-electron chi connectivity index (χ1n) is 3.86. The van der Waals surface area contributed by atoms with Gasteiger partial charge in [-0.1, -0.05) is 18.2 Å². The number of halogens is 1. The third kappa shape index (κ3) is 2.47. The molecular formula is C10H12FN. The summed E-state index contributed by atoms with van der Waals surface area (Å²) < 4.78 is 12.8. The first kappa shape index (κ1) is 8.94. The highest BCUT2D eigenvalue weighted by molar-refractivity contribution is 5.50. The topological polar surface area (TPSA) is 26.0 Å². The van der Waals surface area contributed by atoms with Crippen LogP contribution in [0.4, 0.5) is 4.39 Å². The predicted molar refractivity (Wildman–Crippen MR) is 49.2 cm³/mol. The van der Waals surface area contributed by atoms with Crippen LogP contribution < -0.4 is 5.73 Å². The van der Waals surface area contributed by atoms with Crippen molar-refractivity contribution in [1.29, 1.82) is 0 Å². The van der Waals surface area contributed by atoms with Gasteiger partial charge in [-0.3, -0.25) is 0 Å². The molecule has 0 aromatic heterocycles. The quantitative estimate of drug-likeness (QED) is 0.713. The summed E-state index contributed by atoms with van der Waals surface area (Å²) in [5.41, 5.74) is 7.05. The Labute approximate surface area is 71.7 Å². The molecule has 12 heavy (non-hydrogen) atoms. The molecule has 2 heteroatoms. The lowest BCUT2D eigenvalue weighted by molar-refractivity contribution is 0.626. The summed E-state index contributed by atoms with van der Waals surface area (Å²) in [7, 11) is 0. The lowest BCUT2D eigenvalue weighted by Crippen LogP contribution is -1.92. The van der Waals surface area contributed by atoms with Gasteiger partial charge in [0.05, 0.1) is 0 Å². The largest absolute Gasteiger partial charge is 0.327 e. The molecule has 0 aliphatic carbocycles. The van der Waals surface area contributed by atoms with Crippen molar-refractivity contribution in [1.82, 2.24) is 0 Å². The molecule has 64 valence electrons. The maximum Gasteiger partial charge on any atom is 0.124 e. The van der Waals surface area contributed by atoms with E-state index in [-0.39, 0.29) is 5.82 Å². The van der Waals surface area contributed by atoms with Crippen LogP contribution in [0.1, 0.15) is 11.1 Å². The van der Waals surface area contributed by atoms with E-state index < -0.39 is 0 Å². The van der Waals surface area contributed by atoms with Crippen LogP contribution in [0.15, 0.2) is 24.3 Å². The Kier molecular flexibility index (Phi) is 3.00. The van der Waals surface area contributed by atoms with Gasteiger partial charge < -0.3 is 5.73 Å². The van der Waals surface area contributed by atoms with Gasteiger partial charge in [0.1, 0.15) is 5.82 Å². The van der Waals surface area contributed by atoms with Gasteiger partial charge in [-0.2, -0.15) is 0 Å². The van der Waals surface area contributed by atoms with Crippen molar-refractivity contribution in [2.24, 2.45) is 5.73 Å². The summed E-state index contributed by atoms with van der Waals surface area (Å²) in [6.07, 6.45) is 3.62. The SMILES string of the molecule is Cc1cc(F)cc(C=CCN)c1. The molecule has 1 aromatic rings. The monoisotopic (exact) mass is 165 g/mol. The summed E-state index contributed by atoms with van der Waals surface area (Å²) in [6, 6.07) is 4.90. The Hall–Kier alpha value is -1.15. The Morgan fingerprint density at radius 1 is 1.42 bits per heavy atom. The van der Waals surface area contributed by atoms with Crippen molar-refractivity contribution >= 4 is 6.08 Å². The van der Waals surface area contributed by atoms with Gasteiger partial charge in [-0.25, -0.2) is 4.39 Å². The molecule has 0 atom stereocenters. The number of hydrogen-bond donors (Lipinski definition) is 1. The normalized spacial score (nSPS) is 10.9. The van der Waals surface area contributed by atoms with Gasteiger partial charge in [0.15, 0.2) is 0 Å². The first-order chi connectivity index (χ1) is 5.72. The Bertz CT molecular complexity index is 272. The van der Waals surface area contributed by atoms with Crippen LogP contribution in [0, 0.1) is 12.7 Å². The minimum atomic E-state index is -0.202. The fourth-order valence-corrected chi connectivity index (χ4v) is 1.06. The van der Waals surface area contributed by atoms with Gasteiger partial charge in [0.25, 0.3) is 0 Å². The smallest absolute Gasteiger partial charge is 0.124 e. The molecule has 0 saturated carbocycles. The first-order valence-corrected chi connectivity index (χ1v) is 3.86. The van der Waals surface area contributed by atoms with E-state index in [1.807, 2.05) is 19.1 Å². The van der Waals surface area contributed by atoms with E-state index in [0.717, 1.165) is 11.1 Å². The van der Waals surface area contributed by atoms with Crippen LogP contribution in [0.2, 0.25) is 0 Å². The number of benzene rings is 1. The van der Waals surface area contributed by atoms with Crippen molar-refractivity contribution in [2.75, 3.05) is 6.54 Å². The maximum atomic E-state index is 12.8. The van der Waals surface area contributed by atoms with Gasteiger partial charge in [-0.15, -0.1) is 0 Å². The standard InChI is InChI=1S/C10H12FN/c1-8-5-9(3-2-4-12)7-10(11)6-8/h2-3,5-7H,4,12H2,1H3. The second-order valence-electron chi connectivity index (χ2n) is 2.70. The zero-order chi connectivity index (χ0) is 8.97. The average molecular weight is 165 g/mol. The van der Waals surface area contributed by atoms with Crippen molar-refractivity contribution < 1.29 is 4.39 Å². The fraction of sp³-hybridized carbons (Fsp3) is 0.200. The Balaban J connectivity index is 2.93. The van der Waals surface area contributed by atoms with Crippen LogP contribution in [0.3, 0.4) is 0 Å². The van der Waals surface area contributed by atoms with E-state index in [0.29, 0.717) is 6.54 Å².